The maximum Gasteiger partial charge on any atom is 0.271 e. The molecule has 1 saturated heterocycles. The number of imidazole rings is 1. The van der Waals surface area contributed by atoms with E-state index in [1.807, 2.05) is 4.68 Å². The van der Waals surface area contributed by atoms with Crippen LogP contribution in [-0.4, -0.2) is 73.1 Å². The lowest BCUT2D eigenvalue weighted by Gasteiger charge is -2.34. The number of nitrogens with zero attached hydrogens (tertiary/aromatic N) is 7. The Hall–Kier alpha value is -2.29. The van der Waals surface area contributed by atoms with Crippen LogP contribution in [0.15, 0.2) is 6.20 Å². The normalized spacial score (nSPS) is 20.3. The Bertz CT molecular complexity index is 769. The van der Waals surface area contributed by atoms with Gasteiger partial charge in [-0.1, -0.05) is 0 Å². The van der Waals surface area contributed by atoms with E-state index in [0.29, 0.717) is 17.7 Å². The van der Waals surface area contributed by atoms with E-state index in [4.69, 9.17) is 0 Å². The number of likely N-dealkylation sites (tertiary alicyclic amines) is 1. The average molecular weight is 358 g/mol. The number of carbonyl (C=O) groups excluding carboxylic acids is 1. The second-order valence-corrected chi connectivity index (χ2v) is 7.58. The first-order valence-electron chi connectivity index (χ1n) is 9.33. The predicted molar refractivity (Wildman–Crippen MR) is 94.7 cm³/mol. The zero-order valence-electron chi connectivity index (χ0n) is 15.6. The molecule has 9 nitrogen and oxygen atoms in total. The van der Waals surface area contributed by atoms with Crippen molar-refractivity contribution in [2.24, 2.45) is 0 Å². The number of nitrogens with one attached hydrogen (secondary N) is 1. The number of H-pyrrole nitrogens is 1. The lowest BCUT2D eigenvalue weighted by atomic mass is 9.95. The van der Waals surface area contributed by atoms with Crippen LogP contribution in [0.4, 0.5) is 0 Å². The number of hydrogen-bond acceptors (Lipinski definition) is 6. The molecule has 2 fully saturated rings. The van der Waals surface area contributed by atoms with Gasteiger partial charge in [0, 0.05) is 20.0 Å². The molecule has 2 aliphatic rings. The molecule has 2 aromatic rings. The van der Waals surface area contributed by atoms with Crippen LogP contribution in [0.3, 0.4) is 0 Å². The number of piperidine rings is 1. The van der Waals surface area contributed by atoms with Gasteiger partial charge in [-0.15, -0.1) is 5.10 Å². The summed E-state index contributed by atoms with van der Waals surface area (Å²) >= 11 is 0. The van der Waals surface area contributed by atoms with Crippen LogP contribution in [-0.2, 0) is 0 Å². The van der Waals surface area contributed by atoms with E-state index in [1.54, 1.807) is 25.2 Å². The molecular weight excluding hydrogens is 332 g/mol. The number of carbonyl (C=O) groups is 1. The van der Waals surface area contributed by atoms with Crippen LogP contribution in [0, 0.1) is 0 Å². The van der Waals surface area contributed by atoms with Gasteiger partial charge >= 0.3 is 0 Å². The Morgan fingerprint density at radius 1 is 1.27 bits per heavy atom. The summed E-state index contributed by atoms with van der Waals surface area (Å²) in [5, 5.41) is 12.3. The van der Waals surface area contributed by atoms with Crippen molar-refractivity contribution in [3.63, 3.8) is 0 Å². The Kier molecular flexibility index (Phi) is 4.47. The quantitative estimate of drug-likeness (QED) is 0.867. The number of aromatic amines is 1. The highest BCUT2D eigenvalue weighted by Gasteiger charge is 2.33. The van der Waals surface area contributed by atoms with E-state index < -0.39 is 0 Å². The van der Waals surface area contributed by atoms with Gasteiger partial charge in [0.05, 0.1) is 18.3 Å². The average Bonchev–Trinajstić information content (AvgIpc) is 3.18. The molecule has 1 N–H and O–H groups in total. The summed E-state index contributed by atoms with van der Waals surface area (Å²) in [5.41, 5.74) is 0.560. The summed E-state index contributed by atoms with van der Waals surface area (Å²) in [5.74, 6) is 2.22. The number of tetrazole rings is 1. The van der Waals surface area contributed by atoms with Gasteiger partial charge in [-0.3, -0.25) is 9.69 Å². The Morgan fingerprint density at radius 3 is 2.65 bits per heavy atom. The summed E-state index contributed by atoms with van der Waals surface area (Å²) in [7, 11) is 3.50. The van der Waals surface area contributed by atoms with Gasteiger partial charge in [0.15, 0.2) is 5.82 Å². The van der Waals surface area contributed by atoms with Crippen molar-refractivity contribution >= 4 is 5.91 Å². The monoisotopic (exact) mass is 358 g/mol. The van der Waals surface area contributed by atoms with E-state index in [2.05, 4.69) is 37.3 Å². The van der Waals surface area contributed by atoms with Crippen molar-refractivity contribution in [1.29, 1.82) is 0 Å². The van der Waals surface area contributed by atoms with Crippen LogP contribution in [0.5, 0.6) is 0 Å². The van der Waals surface area contributed by atoms with Gasteiger partial charge in [0.2, 0.25) is 0 Å². The third kappa shape index (κ3) is 3.23. The van der Waals surface area contributed by atoms with Crippen molar-refractivity contribution < 1.29 is 4.79 Å². The molecule has 1 atom stereocenters. The van der Waals surface area contributed by atoms with Crippen molar-refractivity contribution in [2.75, 3.05) is 27.2 Å². The fourth-order valence-corrected chi connectivity index (χ4v) is 3.67. The number of hydrogen-bond donors (Lipinski definition) is 1. The molecule has 1 aliphatic heterocycles. The van der Waals surface area contributed by atoms with Crippen LogP contribution in [0.25, 0.3) is 0 Å². The summed E-state index contributed by atoms with van der Waals surface area (Å²) < 4.78 is 2.00. The molecule has 1 aliphatic carbocycles. The van der Waals surface area contributed by atoms with Gasteiger partial charge in [-0.05, 0) is 56.1 Å². The van der Waals surface area contributed by atoms with E-state index in [-0.39, 0.29) is 11.9 Å². The highest BCUT2D eigenvalue weighted by molar-refractivity contribution is 5.91. The lowest BCUT2D eigenvalue weighted by Crippen LogP contribution is -2.36. The molecule has 1 unspecified atom stereocenters. The molecule has 2 aromatic heterocycles. The largest absolute Gasteiger partial charge is 0.343 e. The molecule has 4 rings (SSSR count). The number of aromatic nitrogens is 6. The van der Waals surface area contributed by atoms with Crippen molar-refractivity contribution in [3.05, 3.63) is 23.5 Å². The van der Waals surface area contributed by atoms with Gasteiger partial charge < -0.3 is 9.88 Å². The van der Waals surface area contributed by atoms with Gasteiger partial charge in [0.25, 0.3) is 5.91 Å². The van der Waals surface area contributed by atoms with E-state index in [0.717, 1.165) is 37.6 Å². The molecule has 0 bridgehead atoms. The van der Waals surface area contributed by atoms with E-state index in [1.165, 1.54) is 12.8 Å². The molecule has 140 valence electrons. The predicted octanol–water partition coefficient (Wildman–Crippen LogP) is 1.37. The molecule has 0 radical (unpaired) electrons. The van der Waals surface area contributed by atoms with Crippen LogP contribution < -0.4 is 0 Å². The Labute approximate surface area is 152 Å². The minimum absolute atomic E-state index is 0.0401. The first kappa shape index (κ1) is 17.1. The molecule has 1 saturated carbocycles. The third-order valence-corrected chi connectivity index (χ3v) is 5.48. The summed E-state index contributed by atoms with van der Waals surface area (Å²) in [6, 6.07) is 0.713. The third-order valence-electron chi connectivity index (χ3n) is 5.48. The Morgan fingerprint density at radius 2 is 2.00 bits per heavy atom. The maximum absolute atomic E-state index is 12.0. The maximum atomic E-state index is 12.0. The second kappa shape index (κ2) is 6.79. The minimum atomic E-state index is -0.0401. The highest BCUT2D eigenvalue weighted by Crippen LogP contribution is 2.37. The van der Waals surface area contributed by atoms with Crippen LogP contribution >= 0.6 is 0 Å². The van der Waals surface area contributed by atoms with Crippen LogP contribution in [0.2, 0.25) is 0 Å². The fourth-order valence-electron chi connectivity index (χ4n) is 3.67. The number of rotatable bonds is 5. The summed E-state index contributed by atoms with van der Waals surface area (Å²) in [6.07, 6.45) is 6.03. The first-order valence-corrected chi connectivity index (χ1v) is 9.33. The SMILES string of the molecule is CC(c1nnnn1C1CC1)N1CCC(c2ncc(C(=O)N(C)C)[nH]2)CC1. The number of amides is 1. The molecule has 26 heavy (non-hydrogen) atoms. The summed E-state index contributed by atoms with van der Waals surface area (Å²) in [6.45, 7) is 4.13. The van der Waals surface area contributed by atoms with Crippen molar-refractivity contribution in [1.82, 2.24) is 40.0 Å². The van der Waals surface area contributed by atoms with Gasteiger partial charge in [-0.2, -0.15) is 0 Å². The summed E-state index contributed by atoms with van der Waals surface area (Å²) in [4.78, 5) is 23.7. The molecule has 0 aromatic carbocycles. The molecule has 3 heterocycles. The van der Waals surface area contributed by atoms with Gasteiger partial charge in [0.1, 0.15) is 11.5 Å². The first-order chi connectivity index (χ1) is 12.5. The second-order valence-electron chi connectivity index (χ2n) is 7.58. The molecule has 0 spiro atoms. The lowest BCUT2D eigenvalue weighted by molar-refractivity contribution is 0.0822. The van der Waals surface area contributed by atoms with Gasteiger partial charge in [-0.25, -0.2) is 9.67 Å². The zero-order valence-corrected chi connectivity index (χ0v) is 15.6. The van der Waals surface area contributed by atoms with E-state index in [9.17, 15) is 4.79 Å². The van der Waals surface area contributed by atoms with Crippen molar-refractivity contribution in [2.45, 2.75) is 50.6 Å². The highest BCUT2D eigenvalue weighted by atomic mass is 16.2. The smallest absolute Gasteiger partial charge is 0.271 e. The topological polar surface area (TPSA) is 95.8 Å². The standard InChI is InChI=1S/C17H26N8O/c1-11(16-20-21-22-25(16)13-4-5-13)24-8-6-12(7-9-24)15-18-10-14(19-15)17(26)23(2)3/h10-13H,4-9H2,1-3H3,(H,18,19). The Balaban J connectivity index is 1.38. The molecular formula is C17H26N8O. The van der Waals surface area contributed by atoms with Crippen LogP contribution in [0.1, 0.15) is 72.7 Å². The molecule has 9 heteroatoms. The fraction of sp³-hybridized carbons (Fsp3) is 0.706. The minimum Gasteiger partial charge on any atom is -0.343 e. The molecule has 1 amide bonds. The van der Waals surface area contributed by atoms with Crippen molar-refractivity contribution in [3.8, 4) is 0 Å². The zero-order chi connectivity index (χ0) is 18.3. The van der Waals surface area contributed by atoms with E-state index >= 15 is 0 Å².